The predicted octanol–water partition coefficient (Wildman–Crippen LogP) is 3.66. The first-order valence-electron chi connectivity index (χ1n) is 9.84. The molecule has 0 aliphatic heterocycles. The van der Waals surface area contributed by atoms with Gasteiger partial charge in [0.25, 0.3) is 5.91 Å². The second-order valence-electron chi connectivity index (χ2n) is 6.91. The molecule has 0 fully saturated rings. The summed E-state index contributed by atoms with van der Waals surface area (Å²) in [5.41, 5.74) is 1.70. The molecular weight excluding hydrogens is 385 g/mol. The van der Waals surface area contributed by atoms with E-state index in [9.17, 15) is 14.0 Å². The maximum atomic E-state index is 13.5. The number of halogens is 1. The molecule has 0 saturated carbocycles. The summed E-state index contributed by atoms with van der Waals surface area (Å²) in [6.45, 7) is 2.20. The highest BCUT2D eigenvalue weighted by Gasteiger charge is 2.09. The van der Waals surface area contributed by atoms with Gasteiger partial charge in [-0.15, -0.1) is 0 Å². The minimum atomic E-state index is -0.419. The second kappa shape index (κ2) is 10.3. The molecule has 0 spiro atoms. The van der Waals surface area contributed by atoms with Gasteiger partial charge in [0.2, 0.25) is 5.91 Å². The molecular formula is C23H24FN3O3. The molecule has 30 heavy (non-hydrogen) atoms. The number of benzene rings is 2. The molecule has 0 radical (unpaired) electrons. The van der Waals surface area contributed by atoms with E-state index >= 15 is 0 Å². The van der Waals surface area contributed by atoms with Gasteiger partial charge in [0.05, 0.1) is 6.20 Å². The fourth-order valence-electron chi connectivity index (χ4n) is 2.86. The van der Waals surface area contributed by atoms with Crippen molar-refractivity contribution in [3.8, 4) is 11.3 Å². The second-order valence-corrected chi connectivity index (χ2v) is 6.91. The van der Waals surface area contributed by atoms with E-state index in [-0.39, 0.29) is 23.9 Å². The van der Waals surface area contributed by atoms with Gasteiger partial charge in [-0.25, -0.2) is 9.37 Å². The lowest BCUT2D eigenvalue weighted by atomic mass is 10.1. The van der Waals surface area contributed by atoms with Crippen LogP contribution in [0.25, 0.3) is 11.3 Å². The van der Waals surface area contributed by atoms with Gasteiger partial charge in [-0.1, -0.05) is 36.4 Å². The number of nitrogens with one attached hydrogen (secondary N) is 2. The monoisotopic (exact) mass is 409 g/mol. The number of aryl methyl sites for hydroxylation is 2. The van der Waals surface area contributed by atoms with Crippen LogP contribution in [-0.4, -0.2) is 29.9 Å². The molecule has 0 aliphatic carbocycles. The Kier molecular flexibility index (Phi) is 7.32. The molecule has 1 heterocycles. The van der Waals surface area contributed by atoms with Crippen molar-refractivity contribution in [2.24, 2.45) is 0 Å². The number of amides is 2. The number of hydrogen-bond acceptors (Lipinski definition) is 4. The molecule has 1 aromatic heterocycles. The SMILES string of the molecule is Cc1ccc(C(=O)NCCNC(=O)CCCc2ncc(-c3ccccc3)o2)cc1F. The first kappa shape index (κ1) is 21.2. The quantitative estimate of drug-likeness (QED) is 0.528. The van der Waals surface area contributed by atoms with Gasteiger partial charge in [0.15, 0.2) is 11.7 Å². The number of oxazole rings is 1. The Morgan fingerprint density at radius 1 is 1.07 bits per heavy atom. The van der Waals surface area contributed by atoms with Gasteiger partial charge in [-0.3, -0.25) is 9.59 Å². The van der Waals surface area contributed by atoms with Gasteiger partial charge in [-0.2, -0.15) is 0 Å². The molecule has 156 valence electrons. The lowest BCUT2D eigenvalue weighted by molar-refractivity contribution is -0.121. The highest BCUT2D eigenvalue weighted by atomic mass is 19.1. The number of carbonyl (C=O) groups is 2. The summed E-state index contributed by atoms with van der Waals surface area (Å²) in [6, 6.07) is 14.0. The van der Waals surface area contributed by atoms with Crippen molar-refractivity contribution in [2.75, 3.05) is 13.1 Å². The van der Waals surface area contributed by atoms with Crippen LogP contribution in [0.3, 0.4) is 0 Å². The Morgan fingerprint density at radius 3 is 2.60 bits per heavy atom. The summed E-state index contributed by atoms with van der Waals surface area (Å²) in [5, 5.41) is 5.40. The zero-order chi connectivity index (χ0) is 21.3. The maximum Gasteiger partial charge on any atom is 0.251 e. The lowest BCUT2D eigenvalue weighted by Gasteiger charge is -2.07. The lowest BCUT2D eigenvalue weighted by Crippen LogP contribution is -2.34. The first-order chi connectivity index (χ1) is 14.5. The Hall–Kier alpha value is -3.48. The van der Waals surface area contributed by atoms with E-state index in [1.807, 2.05) is 30.3 Å². The molecule has 0 unspecified atom stereocenters. The number of carbonyl (C=O) groups excluding carboxylic acids is 2. The molecule has 2 amide bonds. The Morgan fingerprint density at radius 2 is 1.83 bits per heavy atom. The summed E-state index contributed by atoms with van der Waals surface area (Å²) < 4.78 is 19.2. The summed E-state index contributed by atoms with van der Waals surface area (Å²) in [5.74, 6) is 0.401. The van der Waals surface area contributed by atoms with E-state index < -0.39 is 5.82 Å². The van der Waals surface area contributed by atoms with E-state index in [4.69, 9.17) is 4.42 Å². The van der Waals surface area contributed by atoms with E-state index in [1.54, 1.807) is 25.3 Å². The molecule has 0 bridgehead atoms. The van der Waals surface area contributed by atoms with Crippen molar-refractivity contribution in [2.45, 2.75) is 26.2 Å². The van der Waals surface area contributed by atoms with E-state index in [0.717, 1.165) is 5.56 Å². The van der Waals surface area contributed by atoms with Crippen molar-refractivity contribution in [1.82, 2.24) is 15.6 Å². The van der Waals surface area contributed by atoms with Crippen molar-refractivity contribution in [3.05, 3.63) is 77.6 Å². The Balaban J connectivity index is 1.32. The van der Waals surface area contributed by atoms with Crippen LogP contribution in [-0.2, 0) is 11.2 Å². The minimum Gasteiger partial charge on any atom is -0.441 e. The van der Waals surface area contributed by atoms with Gasteiger partial charge >= 0.3 is 0 Å². The van der Waals surface area contributed by atoms with Crippen LogP contribution in [0, 0.1) is 12.7 Å². The Bertz CT molecular complexity index is 1000. The molecule has 6 nitrogen and oxygen atoms in total. The summed E-state index contributed by atoms with van der Waals surface area (Å²) in [7, 11) is 0. The van der Waals surface area contributed by atoms with Gasteiger partial charge in [0.1, 0.15) is 5.82 Å². The standard InChI is InChI=1S/C23H24FN3O3/c1-16-10-11-18(14-19(16)24)23(29)26-13-12-25-21(28)8-5-9-22-27-15-20(30-22)17-6-3-2-4-7-17/h2-4,6-7,10-11,14-15H,5,8-9,12-13H2,1H3,(H,25,28)(H,26,29). The van der Waals surface area contributed by atoms with E-state index in [0.29, 0.717) is 43.0 Å². The number of nitrogens with zero attached hydrogens (tertiary/aromatic N) is 1. The third-order valence-electron chi connectivity index (χ3n) is 4.57. The maximum absolute atomic E-state index is 13.5. The zero-order valence-electron chi connectivity index (χ0n) is 16.8. The van der Waals surface area contributed by atoms with Gasteiger partial charge in [-0.05, 0) is 31.0 Å². The topological polar surface area (TPSA) is 84.2 Å². The van der Waals surface area contributed by atoms with Crippen LogP contribution in [0.2, 0.25) is 0 Å². The molecule has 0 saturated heterocycles. The largest absolute Gasteiger partial charge is 0.441 e. The van der Waals surface area contributed by atoms with Gasteiger partial charge < -0.3 is 15.1 Å². The van der Waals surface area contributed by atoms with Crippen LogP contribution in [0.5, 0.6) is 0 Å². The van der Waals surface area contributed by atoms with Gasteiger partial charge in [0, 0.05) is 37.1 Å². The average molecular weight is 409 g/mol. The van der Waals surface area contributed by atoms with Crippen molar-refractivity contribution in [3.63, 3.8) is 0 Å². The van der Waals surface area contributed by atoms with Crippen LogP contribution < -0.4 is 10.6 Å². The van der Waals surface area contributed by atoms with Crippen LogP contribution in [0.15, 0.2) is 59.1 Å². The normalized spacial score (nSPS) is 10.6. The third kappa shape index (κ3) is 6.01. The molecule has 3 aromatic rings. The smallest absolute Gasteiger partial charge is 0.251 e. The summed E-state index contributed by atoms with van der Waals surface area (Å²) >= 11 is 0. The van der Waals surface area contributed by atoms with E-state index in [2.05, 4.69) is 15.6 Å². The molecule has 2 N–H and O–H groups in total. The fraction of sp³-hybridized carbons (Fsp3) is 0.261. The summed E-state index contributed by atoms with van der Waals surface area (Å²) in [6.07, 6.45) is 3.19. The molecule has 2 aromatic carbocycles. The molecule has 0 aliphatic rings. The molecule has 3 rings (SSSR count). The minimum absolute atomic E-state index is 0.111. The van der Waals surface area contributed by atoms with Crippen LogP contribution in [0.4, 0.5) is 4.39 Å². The van der Waals surface area contributed by atoms with Crippen LogP contribution >= 0.6 is 0 Å². The van der Waals surface area contributed by atoms with Crippen molar-refractivity contribution >= 4 is 11.8 Å². The average Bonchev–Trinajstić information content (AvgIpc) is 3.22. The van der Waals surface area contributed by atoms with Crippen molar-refractivity contribution < 1.29 is 18.4 Å². The highest BCUT2D eigenvalue weighted by Crippen LogP contribution is 2.20. The number of hydrogen-bond donors (Lipinski definition) is 2. The fourth-order valence-corrected chi connectivity index (χ4v) is 2.86. The number of aromatic nitrogens is 1. The molecule has 0 atom stereocenters. The summed E-state index contributed by atoms with van der Waals surface area (Å²) in [4.78, 5) is 28.2. The van der Waals surface area contributed by atoms with E-state index in [1.165, 1.54) is 6.07 Å². The first-order valence-corrected chi connectivity index (χ1v) is 9.84. The Labute approximate surface area is 174 Å². The number of rotatable bonds is 9. The van der Waals surface area contributed by atoms with Crippen molar-refractivity contribution in [1.29, 1.82) is 0 Å². The van der Waals surface area contributed by atoms with Crippen LogP contribution in [0.1, 0.15) is 34.7 Å². The molecule has 7 heteroatoms. The highest BCUT2D eigenvalue weighted by molar-refractivity contribution is 5.94. The third-order valence-corrected chi connectivity index (χ3v) is 4.57. The predicted molar refractivity (Wildman–Crippen MR) is 111 cm³/mol. The zero-order valence-corrected chi connectivity index (χ0v) is 16.8.